The van der Waals surface area contributed by atoms with Gasteiger partial charge in [-0.3, -0.25) is 9.89 Å². The van der Waals surface area contributed by atoms with Gasteiger partial charge in [0.15, 0.2) is 4.77 Å². The Kier molecular flexibility index (Phi) is 5.82. The molecule has 0 aliphatic carbocycles. The molecule has 0 fully saturated rings. The topological polar surface area (TPSA) is 62.7 Å². The zero-order valence-electron chi connectivity index (χ0n) is 13.6. The third-order valence-corrected chi connectivity index (χ3v) is 5.72. The number of amides is 1. The maximum atomic E-state index is 12.3. The van der Waals surface area contributed by atoms with Gasteiger partial charge < -0.3 is 9.88 Å². The number of carbonyl (C=O) groups excluding carboxylic acids is 1. The van der Waals surface area contributed by atoms with E-state index in [-0.39, 0.29) is 5.91 Å². The van der Waals surface area contributed by atoms with Crippen molar-refractivity contribution in [2.75, 3.05) is 6.54 Å². The molecule has 2 N–H and O–H groups in total. The fourth-order valence-electron chi connectivity index (χ4n) is 2.47. The summed E-state index contributed by atoms with van der Waals surface area (Å²) in [6, 6.07) is 11.9. The van der Waals surface area contributed by atoms with Crippen LogP contribution in [0.5, 0.6) is 0 Å². The van der Waals surface area contributed by atoms with Gasteiger partial charge in [-0.15, -0.1) is 11.3 Å². The standard InChI is InChI=1S/C17H17BrN4OS2/c1-2-22-15(20-21-17(22)24)9-10-19-16(23)14-8-7-13(25-14)11-3-5-12(18)6-4-11/h3-8H,2,9-10H2,1H3,(H,19,23)(H,21,24). The van der Waals surface area contributed by atoms with Gasteiger partial charge >= 0.3 is 0 Å². The smallest absolute Gasteiger partial charge is 0.261 e. The summed E-state index contributed by atoms with van der Waals surface area (Å²) >= 11 is 10.1. The third-order valence-electron chi connectivity index (χ3n) is 3.75. The highest BCUT2D eigenvalue weighted by atomic mass is 79.9. The number of aromatic amines is 1. The highest BCUT2D eigenvalue weighted by molar-refractivity contribution is 9.10. The second-order valence-electron chi connectivity index (χ2n) is 5.37. The van der Waals surface area contributed by atoms with Crippen molar-refractivity contribution in [1.29, 1.82) is 0 Å². The van der Waals surface area contributed by atoms with Gasteiger partial charge in [0.2, 0.25) is 0 Å². The molecular weight excluding hydrogens is 420 g/mol. The molecule has 0 bridgehead atoms. The molecule has 0 aliphatic rings. The number of nitrogens with one attached hydrogen (secondary N) is 2. The quantitative estimate of drug-likeness (QED) is 0.561. The van der Waals surface area contributed by atoms with E-state index in [1.165, 1.54) is 11.3 Å². The van der Waals surface area contributed by atoms with Crippen molar-refractivity contribution < 1.29 is 4.79 Å². The predicted octanol–water partition coefficient (Wildman–Crippen LogP) is 4.42. The van der Waals surface area contributed by atoms with E-state index in [1.807, 2.05) is 47.9 Å². The van der Waals surface area contributed by atoms with Crippen LogP contribution in [0.1, 0.15) is 22.4 Å². The molecule has 5 nitrogen and oxygen atoms in total. The molecule has 1 aromatic carbocycles. The number of hydrogen-bond acceptors (Lipinski definition) is 4. The molecule has 130 valence electrons. The SMILES string of the molecule is CCn1c(CCNC(=O)c2ccc(-c3ccc(Br)cc3)s2)n[nH]c1=S. The van der Waals surface area contributed by atoms with Crippen LogP contribution in [0.15, 0.2) is 40.9 Å². The summed E-state index contributed by atoms with van der Waals surface area (Å²) in [6.45, 7) is 3.30. The molecule has 0 saturated carbocycles. The predicted molar refractivity (Wildman–Crippen MR) is 107 cm³/mol. The van der Waals surface area contributed by atoms with Crippen LogP contribution in [0, 0.1) is 4.77 Å². The van der Waals surface area contributed by atoms with Crippen LogP contribution in [-0.2, 0) is 13.0 Å². The van der Waals surface area contributed by atoms with Gasteiger partial charge in [-0.1, -0.05) is 28.1 Å². The summed E-state index contributed by atoms with van der Waals surface area (Å²) < 4.78 is 3.58. The summed E-state index contributed by atoms with van der Waals surface area (Å²) in [5.74, 6) is 0.792. The number of rotatable bonds is 6. The van der Waals surface area contributed by atoms with Crippen molar-refractivity contribution in [3.8, 4) is 10.4 Å². The van der Waals surface area contributed by atoms with E-state index in [4.69, 9.17) is 12.2 Å². The van der Waals surface area contributed by atoms with Gasteiger partial charge in [0, 0.05) is 28.9 Å². The minimum Gasteiger partial charge on any atom is -0.351 e. The highest BCUT2D eigenvalue weighted by Crippen LogP contribution is 2.29. The van der Waals surface area contributed by atoms with E-state index in [1.54, 1.807) is 0 Å². The van der Waals surface area contributed by atoms with Crippen molar-refractivity contribution in [3.05, 3.63) is 56.3 Å². The number of halogens is 1. The maximum Gasteiger partial charge on any atom is 0.261 e. The average molecular weight is 437 g/mol. The monoisotopic (exact) mass is 436 g/mol. The van der Waals surface area contributed by atoms with Crippen molar-refractivity contribution in [1.82, 2.24) is 20.1 Å². The van der Waals surface area contributed by atoms with Crippen molar-refractivity contribution in [2.45, 2.75) is 19.9 Å². The molecule has 2 heterocycles. The number of nitrogens with zero attached hydrogens (tertiary/aromatic N) is 2. The Morgan fingerprint density at radius 2 is 2.08 bits per heavy atom. The van der Waals surface area contributed by atoms with E-state index < -0.39 is 0 Å². The number of thiophene rings is 1. The lowest BCUT2D eigenvalue weighted by atomic mass is 10.2. The Morgan fingerprint density at radius 1 is 1.32 bits per heavy atom. The van der Waals surface area contributed by atoms with E-state index >= 15 is 0 Å². The Bertz CT molecular complexity index is 927. The van der Waals surface area contributed by atoms with Crippen LogP contribution in [0.25, 0.3) is 10.4 Å². The molecule has 3 aromatic rings. The van der Waals surface area contributed by atoms with Gasteiger partial charge in [0.25, 0.3) is 5.91 Å². The molecule has 0 unspecified atom stereocenters. The molecule has 0 aliphatic heterocycles. The molecule has 1 amide bonds. The first kappa shape index (κ1) is 18.0. The van der Waals surface area contributed by atoms with Crippen molar-refractivity contribution in [3.63, 3.8) is 0 Å². The number of aromatic nitrogens is 3. The lowest BCUT2D eigenvalue weighted by Crippen LogP contribution is -2.25. The first-order valence-corrected chi connectivity index (χ1v) is 9.88. The molecule has 0 saturated heterocycles. The summed E-state index contributed by atoms with van der Waals surface area (Å²) in [7, 11) is 0. The Morgan fingerprint density at radius 3 is 2.80 bits per heavy atom. The number of H-pyrrole nitrogens is 1. The Labute approximate surface area is 163 Å². The number of hydrogen-bond donors (Lipinski definition) is 2. The zero-order chi connectivity index (χ0) is 17.8. The molecular formula is C17H17BrN4OS2. The zero-order valence-corrected chi connectivity index (χ0v) is 16.8. The second kappa shape index (κ2) is 8.07. The highest BCUT2D eigenvalue weighted by Gasteiger charge is 2.11. The van der Waals surface area contributed by atoms with E-state index in [9.17, 15) is 4.79 Å². The lowest BCUT2D eigenvalue weighted by molar-refractivity contribution is 0.0958. The summed E-state index contributed by atoms with van der Waals surface area (Å²) in [6.07, 6.45) is 0.637. The van der Waals surface area contributed by atoms with Crippen LogP contribution in [0.3, 0.4) is 0 Å². The van der Waals surface area contributed by atoms with E-state index in [0.717, 1.165) is 27.3 Å². The lowest BCUT2D eigenvalue weighted by Gasteiger charge is -2.05. The largest absolute Gasteiger partial charge is 0.351 e. The van der Waals surface area contributed by atoms with Crippen LogP contribution in [0.2, 0.25) is 0 Å². The average Bonchev–Trinajstić information content (AvgIpc) is 3.22. The molecule has 3 rings (SSSR count). The molecule has 2 aromatic heterocycles. The first-order valence-electron chi connectivity index (χ1n) is 7.86. The van der Waals surface area contributed by atoms with E-state index in [0.29, 0.717) is 22.6 Å². The Balaban J connectivity index is 1.60. The molecule has 0 radical (unpaired) electrons. The summed E-state index contributed by atoms with van der Waals surface area (Å²) in [4.78, 5) is 14.1. The first-order chi connectivity index (χ1) is 12.1. The second-order valence-corrected chi connectivity index (χ2v) is 7.75. The van der Waals surface area contributed by atoms with Gasteiger partial charge in [0.05, 0.1) is 4.88 Å². The van der Waals surface area contributed by atoms with E-state index in [2.05, 4.69) is 31.4 Å². The molecule has 0 spiro atoms. The minimum absolute atomic E-state index is 0.0643. The number of benzene rings is 1. The Hall–Kier alpha value is -1.77. The van der Waals surface area contributed by atoms with Gasteiger partial charge in [0.1, 0.15) is 5.82 Å². The fourth-order valence-corrected chi connectivity index (χ4v) is 3.94. The molecule has 25 heavy (non-hydrogen) atoms. The molecule has 0 atom stereocenters. The van der Waals surface area contributed by atoms with Crippen LogP contribution in [0.4, 0.5) is 0 Å². The van der Waals surface area contributed by atoms with Crippen LogP contribution >= 0.6 is 39.5 Å². The third kappa shape index (κ3) is 4.26. The van der Waals surface area contributed by atoms with Gasteiger partial charge in [-0.25, -0.2) is 0 Å². The normalized spacial score (nSPS) is 10.8. The van der Waals surface area contributed by atoms with Crippen molar-refractivity contribution >= 4 is 45.4 Å². The van der Waals surface area contributed by atoms with Crippen LogP contribution in [-0.4, -0.2) is 27.2 Å². The maximum absolute atomic E-state index is 12.3. The van der Waals surface area contributed by atoms with Gasteiger partial charge in [-0.2, -0.15) is 5.10 Å². The minimum atomic E-state index is -0.0643. The fraction of sp³-hybridized carbons (Fsp3) is 0.235. The summed E-state index contributed by atoms with van der Waals surface area (Å²) in [5.41, 5.74) is 1.10. The van der Waals surface area contributed by atoms with Crippen LogP contribution < -0.4 is 5.32 Å². The molecule has 8 heteroatoms. The van der Waals surface area contributed by atoms with Gasteiger partial charge in [-0.05, 0) is 49.0 Å². The number of carbonyl (C=O) groups is 1. The summed E-state index contributed by atoms with van der Waals surface area (Å²) in [5, 5.41) is 9.93. The van der Waals surface area contributed by atoms with Crippen molar-refractivity contribution in [2.24, 2.45) is 0 Å².